The van der Waals surface area contributed by atoms with Crippen molar-refractivity contribution in [2.75, 3.05) is 5.32 Å². The molecule has 1 aliphatic rings. The lowest BCUT2D eigenvalue weighted by Gasteiger charge is -2.00. The molecule has 3 aromatic heterocycles. The van der Waals surface area contributed by atoms with Gasteiger partial charge in [-0.15, -0.1) is 5.10 Å². The Morgan fingerprint density at radius 1 is 1.15 bits per heavy atom. The number of benzene rings is 1. The number of nitrogens with one attached hydrogen (secondary N) is 1. The Kier molecular flexibility index (Phi) is 3.49. The number of nitrogens with zero attached hydrogens (tertiary/aromatic N) is 6. The van der Waals surface area contributed by atoms with Gasteiger partial charge in [0, 0.05) is 24.7 Å². The summed E-state index contributed by atoms with van der Waals surface area (Å²) in [5.41, 5.74) is 3.21. The van der Waals surface area contributed by atoms with Crippen molar-refractivity contribution in [3.8, 4) is 11.3 Å². The van der Waals surface area contributed by atoms with Crippen LogP contribution in [0.2, 0.25) is 0 Å². The van der Waals surface area contributed by atoms with Crippen LogP contribution in [0.1, 0.15) is 34.9 Å². The second-order valence-corrected chi connectivity index (χ2v) is 6.65. The van der Waals surface area contributed by atoms with Crippen LogP contribution in [0.5, 0.6) is 0 Å². The van der Waals surface area contributed by atoms with Gasteiger partial charge in [0.15, 0.2) is 0 Å². The zero-order valence-corrected chi connectivity index (χ0v) is 14.7. The summed E-state index contributed by atoms with van der Waals surface area (Å²) in [6.07, 6.45) is 4.03. The third-order valence-corrected chi connectivity index (χ3v) is 4.67. The van der Waals surface area contributed by atoms with Gasteiger partial charge in [0.1, 0.15) is 5.69 Å². The summed E-state index contributed by atoms with van der Waals surface area (Å²) >= 11 is 0. The minimum Gasteiger partial charge on any atom is -0.288 e. The van der Waals surface area contributed by atoms with Crippen LogP contribution in [-0.4, -0.2) is 35.3 Å². The van der Waals surface area contributed by atoms with Gasteiger partial charge < -0.3 is 0 Å². The third-order valence-electron chi connectivity index (χ3n) is 4.67. The molecule has 1 saturated carbocycles. The predicted octanol–water partition coefficient (Wildman–Crippen LogP) is 2.65. The van der Waals surface area contributed by atoms with E-state index in [1.165, 1.54) is 0 Å². The Hall–Kier alpha value is -3.55. The molecule has 5 rings (SSSR count). The number of hydrogen-bond donors (Lipinski definition) is 1. The van der Waals surface area contributed by atoms with Crippen molar-refractivity contribution in [2.24, 2.45) is 7.05 Å². The first-order valence-corrected chi connectivity index (χ1v) is 8.81. The van der Waals surface area contributed by atoms with Crippen molar-refractivity contribution in [3.63, 3.8) is 0 Å². The molecule has 0 unspecified atom stereocenters. The lowest BCUT2D eigenvalue weighted by molar-refractivity contribution is 0.101. The molecule has 3 heterocycles. The van der Waals surface area contributed by atoms with Gasteiger partial charge in [0.05, 0.1) is 11.4 Å². The zero-order valence-electron chi connectivity index (χ0n) is 14.7. The van der Waals surface area contributed by atoms with Gasteiger partial charge in [-0.1, -0.05) is 30.3 Å². The molecule has 0 radical (unpaired) electrons. The first-order chi connectivity index (χ1) is 13.2. The van der Waals surface area contributed by atoms with Crippen LogP contribution < -0.4 is 5.32 Å². The fourth-order valence-electron chi connectivity index (χ4n) is 3.15. The number of carbonyl (C=O) groups is 1. The van der Waals surface area contributed by atoms with Crippen LogP contribution in [0.25, 0.3) is 17.0 Å². The van der Waals surface area contributed by atoms with Crippen molar-refractivity contribution < 1.29 is 4.79 Å². The molecule has 1 fully saturated rings. The monoisotopic (exact) mass is 359 g/mol. The van der Waals surface area contributed by atoms with Crippen molar-refractivity contribution >= 4 is 17.6 Å². The van der Waals surface area contributed by atoms with E-state index in [1.807, 2.05) is 36.4 Å². The van der Waals surface area contributed by atoms with E-state index in [1.54, 1.807) is 28.5 Å². The summed E-state index contributed by atoms with van der Waals surface area (Å²) < 4.78 is 3.27. The van der Waals surface area contributed by atoms with E-state index in [-0.39, 0.29) is 11.9 Å². The quantitative estimate of drug-likeness (QED) is 0.605. The highest BCUT2D eigenvalue weighted by atomic mass is 16.2. The molecular weight excluding hydrogens is 342 g/mol. The molecule has 27 heavy (non-hydrogen) atoms. The molecule has 4 aromatic rings. The minimum absolute atomic E-state index is 0.239. The number of rotatable bonds is 4. The van der Waals surface area contributed by atoms with Crippen LogP contribution in [0.4, 0.5) is 5.95 Å². The van der Waals surface area contributed by atoms with E-state index in [4.69, 9.17) is 0 Å². The maximum Gasteiger partial charge on any atom is 0.276 e. The molecule has 1 N–H and O–H groups in total. The summed E-state index contributed by atoms with van der Waals surface area (Å²) in [5.74, 6) is 0.926. The molecule has 134 valence electrons. The molecular formula is C19H17N7O. The number of hydrogen-bond acceptors (Lipinski definition) is 5. The zero-order chi connectivity index (χ0) is 18.4. The van der Waals surface area contributed by atoms with Crippen molar-refractivity contribution in [1.29, 1.82) is 0 Å². The van der Waals surface area contributed by atoms with Gasteiger partial charge >= 0.3 is 0 Å². The number of aromatic nitrogens is 6. The van der Waals surface area contributed by atoms with Crippen LogP contribution in [-0.2, 0) is 7.05 Å². The van der Waals surface area contributed by atoms with Crippen LogP contribution >= 0.6 is 0 Å². The average molecular weight is 359 g/mol. The van der Waals surface area contributed by atoms with Gasteiger partial charge in [-0.2, -0.15) is 14.6 Å². The minimum atomic E-state index is -0.309. The van der Waals surface area contributed by atoms with E-state index in [9.17, 15) is 4.79 Å². The summed E-state index contributed by atoms with van der Waals surface area (Å²) in [4.78, 5) is 21.3. The second kappa shape index (κ2) is 6.01. The van der Waals surface area contributed by atoms with E-state index in [0.29, 0.717) is 17.4 Å². The second-order valence-electron chi connectivity index (χ2n) is 6.65. The Bertz CT molecular complexity index is 1140. The van der Waals surface area contributed by atoms with Crippen LogP contribution in [0.15, 0.2) is 48.7 Å². The normalized spacial score (nSPS) is 13.8. The summed E-state index contributed by atoms with van der Waals surface area (Å²) in [6, 6.07) is 13.5. The lowest BCUT2D eigenvalue weighted by Crippen LogP contribution is -2.17. The Morgan fingerprint density at radius 3 is 2.74 bits per heavy atom. The fourth-order valence-corrected chi connectivity index (χ4v) is 3.15. The lowest BCUT2D eigenvalue weighted by atomic mass is 10.1. The number of fused-ring (bicyclic) bond motifs is 1. The number of anilines is 1. The Morgan fingerprint density at radius 2 is 1.96 bits per heavy atom. The van der Waals surface area contributed by atoms with Crippen molar-refractivity contribution in [3.05, 3.63) is 60.0 Å². The third kappa shape index (κ3) is 2.84. The molecule has 1 aromatic carbocycles. The molecule has 8 heteroatoms. The topological polar surface area (TPSA) is 90.0 Å². The molecule has 0 aliphatic heterocycles. The molecule has 0 saturated heterocycles. The maximum absolute atomic E-state index is 12.7. The standard InChI is InChI=1S/C19H17N7O/c1-25-16(11-14(23-25)12-5-3-2-4-6-12)17(27)21-18-22-19-20-10-9-15(13-7-8-13)26(19)24-18/h2-6,9-11,13H,7-8H2,1H3,(H,21,24,27). The smallest absolute Gasteiger partial charge is 0.276 e. The van der Waals surface area contributed by atoms with Gasteiger partial charge in [0.2, 0.25) is 0 Å². The highest BCUT2D eigenvalue weighted by Crippen LogP contribution is 2.39. The Labute approximate surface area is 154 Å². The van der Waals surface area contributed by atoms with Crippen molar-refractivity contribution in [1.82, 2.24) is 29.4 Å². The molecule has 0 bridgehead atoms. The predicted molar refractivity (Wildman–Crippen MR) is 99.4 cm³/mol. The van der Waals surface area contributed by atoms with Gasteiger partial charge in [-0.3, -0.25) is 14.8 Å². The highest BCUT2D eigenvalue weighted by Gasteiger charge is 2.27. The van der Waals surface area contributed by atoms with E-state index in [0.717, 1.165) is 29.8 Å². The summed E-state index contributed by atoms with van der Waals surface area (Å²) in [6.45, 7) is 0. The number of amides is 1. The summed E-state index contributed by atoms with van der Waals surface area (Å²) in [5, 5.41) is 11.6. The summed E-state index contributed by atoms with van der Waals surface area (Å²) in [7, 11) is 1.74. The van der Waals surface area contributed by atoms with Crippen LogP contribution in [0, 0.1) is 0 Å². The number of aryl methyl sites for hydroxylation is 1. The largest absolute Gasteiger partial charge is 0.288 e. The van der Waals surface area contributed by atoms with E-state index >= 15 is 0 Å². The number of carbonyl (C=O) groups excluding carboxylic acids is 1. The molecule has 8 nitrogen and oxygen atoms in total. The average Bonchev–Trinajstić information content (AvgIpc) is 3.32. The first-order valence-electron chi connectivity index (χ1n) is 8.81. The van der Waals surface area contributed by atoms with Gasteiger partial charge in [0.25, 0.3) is 17.6 Å². The molecule has 1 aliphatic carbocycles. The van der Waals surface area contributed by atoms with Gasteiger partial charge in [-0.25, -0.2) is 4.98 Å². The maximum atomic E-state index is 12.7. The van der Waals surface area contributed by atoms with E-state index < -0.39 is 0 Å². The van der Waals surface area contributed by atoms with Crippen molar-refractivity contribution in [2.45, 2.75) is 18.8 Å². The molecule has 0 atom stereocenters. The Balaban J connectivity index is 1.43. The highest BCUT2D eigenvalue weighted by molar-refractivity contribution is 6.02. The molecule has 1 amide bonds. The van der Waals surface area contributed by atoms with Gasteiger partial charge in [-0.05, 0) is 25.0 Å². The van der Waals surface area contributed by atoms with Crippen LogP contribution in [0.3, 0.4) is 0 Å². The fraction of sp³-hybridized carbons (Fsp3) is 0.211. The van der Waals surface area contributed by atoms with E-state index in [2.05, 4.69) is 25.5 Å². The first kappa shape index (κ1) is 15.7. The SMILES string of the molecule is Cn1nc(-c2ccccc2)cc1C(=O)Nc1nc2nccc(C3CC3)n2n1. The molecule has 0 spiro atoms.